The van der Waals surface area contributed by atoms with Crippen LogP contribution < -0.4 is 0 Å². The molecule has 0 aromatic rings. The van der Waals surface area contributed by atoms with Gasteiger partial charge in [-0.2, -0.15) is 0 Å². The third kappa shape index (κ3) is 32.1. The first-order chi connectivity index (χ1) is 10.2. The van der Waals surface area contributed by atoms with Crippen molar-refractivity contribution in [2.45, 2.75) is 53.4 Å². The van der Waals surface area contributed by atoms with Crippen molar-refractivity contribution in [3.63, 3.8) is 0 Å². The summed E-state index contributed by atoms with van der Waals surface area (Å²) in [6, 6.07) is 0. The quantitative estimate of drug-likeness (QED) is 0.175. The van der Waals surface area contributed by atoms with Gasteiger partial charge in [0.1, 0.15) is 0 Å². The summed E-state index contributed by atoms with van der Waals surface area (Å²) in [6.45, 7) is 10.5. The van der Waals surface area contributed by atoms with E-state index in [0.717, 1.165) is 25.7 Å². The third-order valence-electron chi connectivity index (χ3n) is 1.81. The van der Waals surface area contributed by atoms with E-state index in [0.29, 0.717) is 26.4 Å². The van der Waals surface area contributed by atoms with Gasteiger partial charge in [0, 0.05) is 21.1 Å². The number of hydrogen-bond donors (Lipinski definition) is 0. The monoisotopic (exact) mass is 588 g/mol. The predicted octanol–water partition coefficient (Wildman–Crippen LogP) is 5.21. The molecule has 0 N–H and O–H groups in total. The molecule has 4 nitrogen and oxygen atoms in total. The molecule has 0 unspecified atom stereocenters. The molecule has 0 fully saturated rings. The Balaban J connectivity index is -0.0000000952. The minimum Gasteiger partial charge on any atom is -2.00 e. The maximum absolute atomic E-state index is 5.20. The van der Waals surface area contributed by atoms with Crippen molar-refractivity contribution in [3.8, 4) is 0 Å². The Morgan fingerprint density at radius 1 is 0.600 bits per heavy atom. The molecule has 0 aliphatic heterocycles. The Hall–Kier alpha value is 3.23. The first kappa shape index (κ1) is 38.8. The first-order valence-corrected chi connectivity index (χ1v) is 14.7. The van der Waals surface area contributed by atoms with Crippen LogP contribution in [0, 0.1) is 0 Å². The molecule has 0 aromatic heterocycles. The van der Waals surface area contributed by atoms with Gasteiger partial charge >= 0.3 is 0 Å². The van der Waals surface area contributed by atoms with Gasteiger partial charge in [0.2, 0.25) is 0 Å². The van der Waals surface area contributed by atoms with Crippen LogP contribution in [0.3, 0.4) is 0 Å². The molecular formula is C12H28MoO4P2S6-6. The zero-order valence-corrected chi connectivity index (χ0v) is 23.7. The molecule has 0 aliphatic rings. The van der Waals surface area contributed by atoms with Gasteiger partial charge in [-0.25, -0.2) is 0 Å². The second-order valence-corrected chi connectivity index (χ2v) is 14.2. The summed E-state index contributed by atoms with van der Waals surface area (Å²) in [5.74, 6) is 0. The van der Waals surface area contributed by atoms with Crippen LogP contribution in [0.15, 0.2) is 0 Å². The van der Waals surface area contributed by atoms with Crippen LogP contribution in [0.1, 0.15) is 53.4 Å². The second kappa shape index (κ2) is 25.3. The van der Waals surface area contributed by atoms with Crippen LogP contribution >= 0.6 is 11.4 Å². The topological polar surface area (TPSA) is 36.9 Å². The minimum atomic E-state index is -2.31. The normalized spacial score (nSPS) is 10.5. The zero-order valence-electron chi connectivity index (χ0n) is 15.0. The zero-order chi connectivity index (χ0) is 17.5. The van der Waals surface area contributed by atoms with Crippen molar-refractivity contribution >= 4 is 86.5 Å². The fourth-order valence-corrected chi connectivity index (χ4v) is 4.45. The van der Waals surface area contributed by atoms with Crippen LogP contribution in [0.4, 0.5) is 0 Å². The summed E-state index contributed by atoms with van der Waals surface area (Å²) < 4.78 is 20.8. The molecule has 0 rings (SSSR count). The van der Waals surface area contributed by atoms with Crippen LogP contribution in [0.2, 0.25) is 0 Å². The Kier molecular flexibility index (Phi) is 39.2. The fraction of sp³-hybridized carbons (Fsp3) is 1.00. The van der Waals surface area contributed by atoms with Crippen molar-refractivity contribution < 1.29 is 39.2 Å². The summed E-state index contributed by atoms with van der Waals surface area (Å²) in [6.07, 6.45) is 3.74. The van der Waals surface area contributed by atoms with Gasteiger partial charge in [0.05, 0.1) is 37.8 Å². The average molecular weight is 587 g/mol. The van der Waals surface area contributed by atoms with Gasteiger partial charge in [-0.05, 0) is 25.7 Å². The van der Waals surface area contributed by atoms with E-state index in [2.05, 4.69) is 0 Å². The van der Waals surface area contributed by atoms with E-state index in [1.54, 1.807) is 0 Å². The van der Waals surface area contributed by atoms with Crippen LogP contribution in [-0.4, -0.2) is 26.4 Å². The SMILES string of the molecule is CCCOP(=S)([S-])OCCC.CCCOP(=S)([S-])OCCC.[Mo].[S-2].[S-2]. The standard InChI is InChI=1S/2C6H15O2PS2.Mo.2S/c2*1-3-5-7-9(10,11)8-6-4-2;;;/h2*3-6H2,1-2H3,(H,10,11);;;/q;;;2*-2/p-2. The molecule has 0 heterocycles. The molecule has 0 radical (unpaired) electrons. The van der Waals surface area contributed by atoms with E-state index in [9.17, 15) is 0 Å². The van der Waals surface area contributed by atoms with Crippen LogP contribution in [0.25, 0.3) is 0 Å². The summed E-state index contributed by atoms with van der Waals surface area (Å²) in [4.78, 5) is 0. The number of hydrogen-bond acceptors (Lipinski definition) is 8. The molecule has 0 aromatic carbocycles. The molecule has 0 atom stereocenters. The van der Waals surface area contributed by atoms with Crippen LogP contribution in [-0.2, 0) is 114 Å². The maximum Gasteiger partial charge on any atom is 0.0563 e. The Morgan fingerprint density at radius 2 is 0.760 bits per heavy atom. The molecule has 158 valence electrons. The third-order valence-corrected chi connectivity index (χ3v) is 6.34. The van der Waals surface area contributed by atoms with Gasteiger partial charge in [-0.3, -0.25) is 0 Å². The fourth-order valence-electron chi connectivity index (χ4n) is 0.887. The first-order valence-electron chi connectivity index (χ1n) is 7.44. The van der Waals surface area contributed by atoms with E-state index in [1.165, 1.54) is 0 Å². The predicted molar refractivity (Wildman–Crippen MR) is 123 cm³/mol. The molecular weight excluding hydrogens is 558 g/mol. The second-order valence-electron chi connectivity index (χ2n) is 4.23. The van der Waals surface area contributed by atoms with Gasteiger partial charge in [0.15, 0.2) is 0 Å². The maximum atomic E-state index is 5.20. The Labute approximate surface area is 203 Å². The molecule has 0 saturated carbocycles. The molecule has 0 amide bonds. The van der Waals surface area contributed by atoms with Gasteiger partial charge in [-0.1, -0.05) is 51.3 Å². The van der Waals surface area contributed by atoms with Crippen LogP contribution in [0.5, 0.6) is 0 Å². The van der Waals surface area contributed by atoms with E-state index in [1.807, 2.05) is 27.7 Å². The molecule has 0 bridgehead atoms. The van der Waals surface area contributed by atoms with Crippen molar-refractivity contribution in [1.29, 1.82) is 0 Å². The summed E-state index contributed by atoms with van der Waals surface area (Å²) in [7, 11) is 0. The minimum absolute atomic E-state index is 0. The molecule has 0 spiro atoms. The van der Waals surface area contributed by atoms with Gasteiger partial charge < -0.3 is 69.6 Å². The van der Waals surface area contributed by atoms with E-state index >= 15 is 0 Å². The smallest absolute Gasteiger partial charge is 0.0563 e. The Bertz CT molecular complexity index is 300. The largest absolute Gasteiger partial charge is 2.00 e. The van der Waals surface area contributed by atoms with E-state index < -0.39 is 11.4 Å². The van der Waals surface area contributed by atoms with Crippen molar-refractivity contribution in [2.24, 2.45) is 0 Å². The van der Waals surface area contributed by atoms with Crippen molar-refractivity contribution in [2.75, 3.05) is 26.4 Å². The van der Waals surface area contributed by atoms with Crippen molar-refractivity contribution in [3.05, 3.63) is 0 Å². The molecule has 0 saturated heterocycles. The summed E-state index contributed by atoms with van der Waals surface area (Å²) in [5, 5.41) is 0. The number of rotatable bonds is 12. The average Bonchev–Trinajstić information content (AvgIpc) is 2.48. The molecule has 13 heteroatoms. The van der Waals surface area contributed by atoms with E-state index in [4.69, 9.17) is 66.2 Å². The van der Waals surface area contributed by atoms with Gasteiger partial charge in [-0.15, -0.1) is 0 Å². The van der Waals surface area contributed by atoms with Crippen molar-refractivity contribution in [1.82, 2.24) is 0 Å². The summed E-state index contributed by atoms with van der Waals surface area (Å²) in [5.41, 5.74) is -4.62. The summed E-state index contributed by atoms with van der Waals surface area (Å²) >= 11 is 19.8. The van der Waals surface area contributed by atoms with Gasteiger partial charge in [0.25, 0.3) is 0 Å². The molecule has 0 aliphatic carbocycles. The molecule has 25 heavy (non-hydrogen) atoms. The van der Waals surface area contributed by atoms with E-state index in [-0.39, 0.29) is 48.1 Å². The Morgan fingerprint density at radius 3 is 0.880 bits per heavy atom.